The summed E-state index contributed by atoms with van der Waals surface area (Å²) in [5, 5.41) is 6.12. The quantitative estimate of drug-likeness (QED) is 0.864. The summed E-state index contributed by atoms with van der Waals surface area (Å²) in [7, 11) is 0. The van der Waals surface area contributed by atoms with Gasteiger partial charge in [-0.25, -0.2) is 0 Å². The number of amides is 2. The molecule has 2 N–H and O–H groups in total. The number of hydrogen-bond donors (Lipinski definition) is 2. The van der Waals surface area contributed by atoms with E-state index >= 15 is 0 Å². The number of carbonyl (C=O) groups is 3. The number of nitrogens with one attached hydrogen (secondary N) is 2. The summed E-state index contributed by atoms with van der Waals surface area (Å²) < 4.78 is 0. The lowest BCUT2D eigenvalue weighted by molar-refractivity contribution is -0.129. The number of anilines is 1. The number of allylic oxidation sites excluding steroid dienone is 1. The molecule has 2 amide bonds. The predicted molar refractivity (Wildman–Crippen MR) is 91.4 cm³/mol. The lowest BCUT2D eigenvalue weighted by Gasteiger charge is -2.37. The Bertz CT molecular complexity index is 750. The molecule has 0 radical (unpaired) electrons. The summed E-state index contributed by atoms with van der Waals surface area (Å²) in [6, 6.07) is 6.71. The van der Waals surface area contributed by atoms with Crippen molar-refractivity contribution < 1.29 is 14.4 Å². The highest BCUT2D eigenvalue weighted by atomic mass is 35.5. The molecule has 1 aromatic carbocycles. The van der Waals surface area contributed by atoms with Crippen LogP contribution in [0.25, 0.3) is 0 Å². The van der Waals surface area contributed by atoms with Crippen molar-refractivity contribution in [1.82, 2.24) is 5.32 Å². The molecule has 1 heterocycles. The van der Waals surface area contributed by atoms with Crippen LogP contribution in [0.5, 0.6) is 0 Å². The van der Waals surface area contributed by atoms with Gasteiger partial charge in [-0.05, 0) is 36.1 Å². The zero-order valence-corrected chi connectivity index (χ0v) is 14.4. The fraction of sp³-hybridized carbons (Fsp3) is 0.389. The Balaban J connectivity index is 1.88. The molecule has 1 aromatic rings. The monoisotopic (exact) mass is 346 g/mol. The second kappa shape index (κ2) is 6.06. The summed E-state index contributed by atoms with van der Waals surface area (Å²) >= 11 is 5.84. The highest BCUT2D eigenvalue weighted by Gasteiger charge is 2.42. The van der Waals surface area contributed by atoms with E-state index in [9.17, 15) is 14.4 Å². The molecule has 1 aliphatic heterocycles. The van der Waals surface area contributed by atoms with Crippen LogP contribution < -0.4 is 10.6 Å². The van der Waals surface area contributed by atoms with Crippen molar-refractivity contribution in [2.45, 2.75) is 33.1 Å². The SMILES string of the molecule is CC1(C)CC(=O)C2=C(C1)NC(=O)C[C@H]2C(=O)Nc1ccc(Cl)cc1. The minimum absolute atomic E-state index is 0.00950. The van der Waals surface area contributed by atoms with Crippen molar-refractivity contribution in [2.24, 2.45) is 11.3 Å². The first-order valence-electron chi connectivity index (χ1n) is 7.88. The number of benzene rings is 1. The lowest BCUT2D eigenvalue weighted by atomic mass is 9.71. The Morgan fingerprint density at radius 1 is 1.21 bits per heavy atom. The third-order valence-electron chi connectivity index (χ3n) is 4.38. The Labute approximate surface area is 145 Å². The third kappa shape index (κ3) is 3.36. The zero-order valence-electron chi connectivity index (χ0n) is 13.6. The van der Waals surface area contributed by atoms with Crippen molar-refractivity contribution in [1.29, 1.82) is 0 Å². The molecule has 126 valence electrons. The number of halogens is 1. The molecule has 0 saturated heterocycles. The molecular formula is C18H19ClN2O3. The van der Waals surface area contributed by atoms with Crippen LogP contribution in [0.3, 0.4) is 0 Å². The third-order valence-corrected chi connectivity index (χ3v) is 4.63. The van der Waals surface area contributed by atoms with Gasteiger partial charge in [-0.15, -0.1) is 0 Å². The van der Waals surface area contributed by atoms with E-state index in [1.54, 1.807) is 24.3 Å². The Morgan fingerprint density at radius 2 is 1.88 bits per heavy atom. The van der Waals surface area contributed by atoms with Crippen molar-refractivity contribution in [3.8, 4) is 0 Å². The molecule has 3 rings (SSSR count). The largest absolute Gasteiger partial charge is 0.329 e. The molecule has 1 aliphatic carbocycles. The Hall–Kier alpha value is -2.14. The zero-order chi connectivity index (χ0) is 17.5. The van der Waals surface area contributed by atoms with Crippen LogP contribution in [0.4, 0.5) is 5.69 Å². The maximum Gasteiger partial charge on any atom is 0.232 e. The summed E-state index contributed by atoms with van der Waals surface area (Å²) in [6.45, 7) is 3.97. The smallest absolute Gasteiger partial charge is 0.232 e. The van der Waals surface area contributed by atoms with Crippen LogP contribution in [-0.2, 0) is 14.4 Å². The van der Waals surface area contributed by atoms with Crippen molar-refractivity contribution in [3.63, 3.8) is 0 Å². The molecule has 24 heavy (non-hydrogen) atoms. The Morgan fingerprint density at radius 3 is 2.54 bits per heavy atom. The first-order valence-corrected chi connectivity index (χ1v) is 8.25. The summed E-state index contributed by atoms with van der Waals surface area (Å²) in [5.41, 5.74) is 1.43. The molecule has 0 bridgehead atoms. The first-order chi connectivity index (χ1) is 11.2. The van der Waals surface area contributed by atoms with E-state index in [4.69, 9.17) is 11.6 Å². The van der Waals surface area contributed by atoms with Crippen LogP contribution >= 0.6 is 11.6 Å². The molecule has 5 nitrogen and oxygen atoms in total. The van der Waals surface area contributed by atoms with Crippen LogP contribution in [-0.4, -0.2) is 17.6 Å². The maximum atomic E-state index is 12.6. The van der Waals surface area contributed by atoms with E-state index < -0.39 is 5.92 Å². The van der Waals surface area contributed by atoms with Gasteiger partial charge in [-0.3, -0.25) is 14.4 Å². The van der Waals surface area contributed by atoms with Gasteiger partial charge in [0.25, 0.3) is 0 Å². The van der Waals surface area contributed by atoms with Crippen LogP contribution in [0.1, 0.15) is 33.1 Å². The number of Topliss-reactive ketones (excluding diaryl/α,β-unsaturated/α-hetero) is 1. The molecule has 2 aliphatic rings. The van der Waals surface area contributed by atoms with E-state index in [-0.39, 0.29) is 29.4 Å². The minimum Gasteiger partial charge on any atom is -0.329 e. The standard InChI is InChI=1S/C18H19ClN2O3/c1-18(2)8-13-16(14(22)9-18)12(7-15(23)21-13)17(24)20-11-5-3-10(19)4-6-11/h3-6,12H,7-9H2,1-2H3,(H,20,24)(H,21,23)/t12-/m1/s1. The van der Waals surface area contributed by atoms with Gasteiger partial charge in [0.1, 0.15) is 0 Å². The Kier molecular flexibility index (Phi) is 4.22. The molecule has 6 heteroatoms. The molecule has 0 fully saturated rings. The van der Waals surface area contributed by atoms with Gasteiger partial charge in [-0.2, -0.15) is 0 Å². The van der Waals surface area contributed by atoms with Gasteiger partial charge < -0.3 is 10.6 Å². The molecule has 0 spiro atoms. The highest BCUT2D eigenvalue weighted by Crippen LogP contribution is 2.40. The summed E-state index contributed by atoms with van der Waals surface area (Å²) in [5.74, 6) is -1.37. The molecule has 0 aromatic heterocycles. The first kappa shape index (κ1) is 16.7. The fourth-order valence-electron chi connectivity index (χ4n) is 3.34. The van der Waals surface area contributed by atoms with Gasteiger partial charge in [0.05, 0.1) is 5.92 Å². The molecule has 0 saturated carbocycles. The van der Waals surface area contributed by atoms with Crippen LogP contribution in [0.15, 0.2) is 35.5 Å². The summed E-state index contributed by atoms with van der Waals surface area (Å²) in [4.78, 5) is 37.2. The fourth-order valence-corrected chi connectivity index (χ4v) is 3.47. The molecular weight excluding hydrogens is 328 g/mol. The van der Waals surface area contributed by atoms with E-state index in [0.29, 0.717) is 34.8 Å². The number of hydrogen-bond acceptors (Lipinski definition) is 3. The van der Waals surface area contributed by atoms with E-state index in [1.165, 1.54) is 0 Å². The molecule has 0 unspecified atom stereocenters. The number of rotatable bonds is 2. The van der Waals surface area contributed by atoms with Crippen LogP contribution in [0.2, 0.25) is 5.02 Å². The van der Waals surface area contributed by atoms with Gasteiger partial charge in [-0.1, -0.05) is 25.4 Å². The van der Waals surface area contributed by atoms with E-state index in [1.807, 2.05) is 13.8 Å². The van der Waals surface area contributed by atoms with Gasteiger partial charge in [0, 0.05) is 34.8 Å². The average molecular weight is 347 g/mol. The highest BCUT2D eigenvalue weighted by molar-refractivity contribution is 6.30. The second-order valence-electron chi connectivity index (χ2n) is 7.13. The van der Waals surface area contributed by atoms with Gasteiger partial charge in [0.2, 0.25) is 11.8 Å². The number of ketones is 1. The van der Waals surface area contributed by atoms with Crippen molar-refractivity contribution >= 4 is 34.9 Å². The molecule has 1 atom stereocenters. The van der Waals surface area contributed by atoms with Crippen molar-refractivity contribution in [3.05, 3.63) is 40.6 Å². The normalized spacial score (nSPS) is 22.7. The van der Waals surface area contributed by atoms with Gasteiger partial charge in [0.15, 0.2) is 5.78 Å². The van der Waals surface area contributed by atoms with Crippen LogP contribution in [0, 0.1) is 11.3 Å². The average Bonchev–Trinajstić information content (AvgIpc) is 2.46. The van der Waals surface area contributed by atoms with E-state index in [2.05, 4.69) is 10.6 Å². The minimum atomic E-state index is -0.743. The summed E-state index contributed by atoms with van der Waals surface area (Å²) in [6.07, 6.45) is 0.960. The van der Waals surface area contributed by atoms with E-state index in [0.717, 1.165) is 0 Å². The number of carbonyl (C=O) groups excluding carboxylic acids is 3. The topological polar surface area (TPSA) is 75.3 Å². The maximum absolute atomic E-state index is 12.6. The van der Waals surface area contributed by atoms with Crippen molar-refractivity contribution in [2.75, 3.05) is 5.32 Å². The predicted octanol–water partition coefficient (Wildman–Crippen LogP) is 3.06. The second-order valence-corrected chi connectivity index (χ2v) is 7.57. The lowest BCUT2D eigenvalue weighted by Crippen LogP contribution is -2.44. The van der Waals surface area contributed by atoms with Gasteiger partial charge >= 0.3 is 0 Å².